The molecule has 0 fully saturated rings. The topological polar surface area (TPSA) is 45.6 Å². The predicted molar refractivity (Wildman–Crippen MR) is 109 cm³/mol. The Labute approximate surface area is 165 Å². The first-order chi connectivity index (χ1) is 13.2. The molecule has 0 aliphatic heterocycles. The standard InChI is InChI=1S/C22H23ClN2O2/c23-22-21(12-7-13-24-22)25(14-18-8-3-1-4-9-18)15-20(26)17-27-16-19-10-5-2-6-11-19/h1-13,20,26H,14-17H2. The second-order valence-corrected chi connectivity index (χ2v) is 6.69. The average Bonchev–Trinajstić information content (AvgIpc) is 2.69. The monoisotopic (exact) mass is 382 g/mol. The Morgan fingerprint density at radius 2 is 1.59 bits per heavy atom. The number of aliphatic hydroxyl groups excluding tert-OH is 1. The van der Waals surface area contributed by atoms with E-state index >= 15 is 0 Å². The molecule has 1 aromatic heterocycles. The Balaban J connectivity index is 1.62. The maximum atomic E-state index is 10.5. The van der Waals surface area contributed by atoms with Gasteiger partial charge < -0.3 is 14.7 Å². The molecule has 0 bridgehead atoms. The van der Waals surface area contributed by atoms with Crippen LogP contribution in [0.2, 0.25) is 5.15 Å². The molecule has 27 heavy (non-hydrogen) atoms. The van der Waals surface area contributed by atoms with Crippen LogP contribution < -0.4 is 4.90 Å². The molecule has 2 aromatic carbocycles. The molecule has 0 aliphatic rings. The van der Waals surface area contributed by atoms with E-state index in [1.807, 2.05) is 65.6 Å². The second-order valence-electron chi connectivity index (χ2n) is 6.33. The summed E-state index contributed by atoms with van der Waals surface area (Å²) in [4.78, 5) is 6.19. The van der Waals surface area contributed by atoms with E-state index in [2.05, 4.69) is 17.1 Å². The first-order valence-corrected chi connectivity index (χ1v) is 9.29. The van der Waals surface area contributed by atoms with Crippen molar-refractivity contribution in [3.63, 3.8) is 0 Å². The third-order valence-electron chi connectivity index (χ3n) is 4.15. The van der Waals surface area contributed by atoms with Crippen LogP contribution in [0.25, 0.3) is 0 Å². The van der Waals surface area contributed by atoms with Crippen molar-refractivity contribution in [3.8, 4) is 0 Å². The van der Waals surface area contributed by atoms with Crippen LogP contribution >= 0.6 is 11.6 Å². The van der Waals surface area contributed by atoms with E-state index in [1.54, 1.807) is 6.20 Å². The van der Waals surface area contributed by atoms with E-state index in [9.17, 15) is 5.11 Å². The number of anilines is 1. The lowest BCUT2D eigenvalue weighted by Gasteiger charge is -2.28. The Bertz CT molecular complexity index is 815. The number of rotatable bonds is 9. The lowest BCUT2D eigenvalue weighted by atomic mass is 10.2. The minimum absolute atomic E-state index is 0.248. The molecule has 1 heterocycles. The van der Waals surface area contributed by atoms with Gasteiger partial charge in [0.15, 0.2) is 5.15 Å². The van der Waals surface area contributed by atoms with E-state index in [1.165, 1.54) is 0 Å². The van der Waals surface area contributed by atoms with E-state index in [-0.39, 0.29) is 6.61 Å². The van der Waals surface area contributed by atoms with Crippen LogP contribution in [-0.2, 0) is 17.9 Å². The van der Waals surface area contributed by atoms with Crippen molar-refractivity contribution in [2.75, 3.05) is 18.1 Å². The average molecular weight is 383 g/mol. The van der Waals surface area contributed by atoms with Crippen LogP contribution in [0.4, 0.5) is 5.69 Å². The molecule has 0 amide bonds. The molecule has 0 spiro atoms. The lowest BCUT2D eigenvalue weighted by molar-refractivity contribution is 0.0318. The van der Waals surface area contributed by atoms with Crippen LogP contribution in [-0.4, -0.2) is 29.3 Å². The zero-order valence-corrected chi connectivity index (χ0v) is 15.8. The highest BCUT2D eigenvalue weighted by Crippen LogP contribution is 2.25. The van der Waals surface area contributed by atoms with Gasteiger partial charge in [0.2, 0.25) is 0 Å². The minimum Gasteiger partial charge on any atom is -0.389 e. The summed E-state index contributed by atoms with van der Waals surface area (Å²) in [7, 11) is 0. The van der Waals surface area contributed by atoms with Crippen molar-refractivity contribution in [1.82, 2.24) is 4.98 Å². The molecule has 3 aromatic rings. The number of nitrogens with zero attached hydrogens (tertiary/aromatic N) is 2. The Hall–Kier alpha value is -2.40. The van der Waals surface area contributed by atoms with Crippen LogP contribution in [0, 0.1) is 0 Å². The molecule has 0 aliphatic carbocycles. The van der Waals surface area contributed by atoms with Gasteiger partial charge in [-0.2, -0.15) is 0 Å². The fourth-order valence-electron chi connectivity index (χ4n) is 2.86. The van der Waals surface area contributed by atoms with Gasteiger partial charge in [0, 0.05) is 19.3 Å². The van der Waals surface area contributed by atoms with E-state index in [4.69, 9.17) is 16.3 Å². The Kier molecular flexibility index (Phi) is 7.22. The summed E-state index contributed by atoms with van der Waals surface area (Å²) in [5.74, 6) is 0. The summed E-state index contributed by atoms with van der Waals surface area (Å²) in [5, 5.41) is 10.9. The normalized spacial score (nSPS) is 11.9. The number of aliphatic hydroxyl groups is 1. The molecule has 4 nitrogen and oxygen atoms in total. The summed E-state index contributed by atoms with van der Waals surface area (Å²) < 4.78 is 5.67. The number of ether oxygens (including phenoxy) is 1. The smallest absolute Gasteiger partial charge is 0.152 e. The molecule has 1 unspecified atom stereocenters. The molecular formula is C22H23ClN2O2. The Morgan fingerprint density at radius 1 is 0.926 bits per heavy atom. The van der Waals surface area contributed by atoms with Crippen LogP contribution in [0.15, 0.2) is 79.0 Å². The van der Waals surface area contributed by atoms with Gasteiger partial charge in [-0.15, -0.1) is 0 Å². The maximum Gasteiger partial charge on any atom is 0.152 e. The molecule has 0 saturated heterocycles. The molecule has 0 radical (unpaired) electrons. The van der Waals surface area contributed by atoms with Gasteiger partial charge in [0.1, 0.15) is 0 Å². The van der Waals surface area contributed by atoms with Crippen LogP contribution in [0.3, 0.4) is 0 Å². The summed E-state index contributed by atoms with van der Waals surface area (Å²) >= 11 is 6.29. The van der Waals surface area contributed by atoms with Gasteiger partial charge in [-0.25, -0.2) is 4.98 Å². The second kappa shape index (κ2) is 10.1. The van der Waals surface area contributed by atoms with Crippen molar-refractivity contribution in [1.29, 1.82) is 0 Å². The molecule has 3 rings (SSSR count). The molecule has 140 valence electrons. The molecular weight excluding hydrogens is 360 g/mol. The van der Waals surface area contributed by atoms with Gasteiger partial charge in [-0.3, -0.25) is 0 Å². The van der Waals surface area contributed by atoms with Crippen LogP contribution in [0.1, 0.15) is 11.1 Å². The van der Waals surface area contributed by atoms with Crippen molar-refractivity contribution >= 4 is 17.3 Å². The molecule has 1 N–H and O–H groups in total. The van der Waals surface area contributed by atoms with E-state index < -0.39 is 6.10 Å². The number of hydrogen-bond acceptors (Lipinski definition) is 4. The zero-order valence-electron chi connectivity index (χ0n) is 15.0. The Morgan fingerprint density at radius 3 is 2.26 bits per heavy atom. The van der Waals surface area contributed by atoms with Crippen LogP contribution in [0.5, 0.6) is 0 Å². The van der Waals surface area contributed by atoms with Gasteiger partial charge in [-0.05, 0) is 23.3 Å². The third-order valence-corrected chi connectivity index (χ3v) is 4.44. The lowest BCUT2D eigenvalue weighted by Crippen LogP contribution is -2.35. The van der Waals surface area contributed by atoms with Crippen molar-refractivity contribution in [3.05, 3.63) is 95.3 Å². The number of benzene rings is 2. The summed E-state index contributed by atoms with van der Waals surface area (Å²) in [6.45, 7) is 1.75. The summed E-state index contributed by atoms with van der Waals surface area (Å²) in [6, 6.07) is 23.8. The number of pyridine rings is 1. The van der Waals surface area contributed by atoms with Gasteiger partial charge in [0.05, 0.1) is 25.0 Å². The van der Waals surface area contributed by atoms with Crippen molar-refractivity contribution in [2.45, 2.75) is 19.3 Å². The van der Waals surface area contributed by atoms with Gasteiger partial charge >= 0.3 is 0 Å². The SMILES string of the molecule is OC(COCc1ccccc1)CN(Cc1ccccc1)c1cccnc1Cl. The summed E-state index contributed by atoms with van der Waals surface area (Å²) in [5.41, 5.74) is 3.01. The highest BCUT2D eigenvalue weighted by Gasteiger charge is 2.16. The minimum atomic E-state index is -0.645. The fraction of sp³-hybridized carbons (Fsp3) is 0.227. The highest BCUT2D eigenvalue weighted by atomic mass is 35.5. The molecule has 5 heteroatoms. The van der Waals surface area contributed by atoms with Crippen molar-refractivity contribution < 1.29 is 9.84 Å². The predicted octanol–water partition coefficient (Wildman–Crippen LogP) is 4.32. The van der Waals surface area contributed by atoms with E-state index in [0.717, 1.165) is 16.8 Å². The first kappa shape index (κ1) is 19.4. The zero-order chi connectivity index (χ0) is 18.9. The maximum absolute atomic E-state index is 10.5. The number of hydrogen-bond donors (Lipinski definition) is 1. The molecule has 1 atom stereocenters. The fourth-order valence-corrected chi connectivity index (χ4v) is 3.10. The highest BCUT2D eigenvalue weighted by molar-refractivity contribution is 6.32. The number of halogens is 1. The molecule has 0 saturated carbocycles. The third kappa shape index (κ3) is 6.07. The summed E-state index contributed by atoms with van der Waals surface area (Å²) in [6.07, 6.45) is 1.01. The van der Waals surface area contributed by atoms with Crippen molar-refractivity contribution in [2.24, 2.45) is 0 Å². The largest absolute Gasteiger partial charge is 0.389 e. The quantitative estimate of drug-likeness (QED) is 0.560. The van der Waals surface area contributed by atoms with Gasteiger partial charge in [0.25, 0.3) is 0 Å². The first-order valence-electron chi connectivity index (χ1n) is 8.91. The van der Waals surface area contributed by atoms with Gasteiger partial charge in [-0.1, -0.05) is 72.3 Å². The van der Waals surface area contributed by atoms with E-state index in [0.29, 0.717) is 24.8 Å². The number of aromatic nitrogens is 1.